The lowest BCUT2D eigenvalue weighted by molar-refractivity contribution is -0.131. The van der Waals surface area contributed by atoms with Crippen molar-refractivity contribution in [2.45, 2.75) is 25.2 Å². The monoisotopic (exact) mass is 246 g/mol. The Morgan fingerprint density at radius 2 is 2.17 bits per heavy atom. The van der Waals surface area contributed by atoms with Gasteiger partial charge in [0.1, 0.15) is 0 Å². The van der Waals surface area contributed by atoms with Gasteiger partial charge in [-0.1, -0.05) is 11.6 Å². The molecule has 1 aromatic carbocycles. The van der Waals surface area contributed by atoms with Crippen molar-refractivity contribution >= 4 is 5.97 Å². The van der Waals surface area contributed by atoms with Gasteiger partial charge in [0, 0.05) is 6.08 Å². The van der Waals surface area contributed by atoms with E-state index < -0.39 is 5.97 Å². The van der Waals surface area contributed by atoms with Crippen molar-refractivity contribution in [1.82, 2.24) is 0 Å². The Hall–Kier alpha value is -1.97. The molecule has 0 radical (unpaired) electrons. The molecule has 0 amide bonds. The zero-order valence-corrected chi connectivity index (χ0v) is 9.89. The number of fused-ring (bicyclic) bond motifs is 1. The first kappa shape index (κ1) is 11.1. The average Bonchev–Trinajstić information content (AvgIpc) is 2.95. The van der Waals surface area contributed by atoms with Gasteiger partial charge in [0.05, 0.1) is 0 Å². The molecule has 1 N–H and O–H groups in total. The molecule has 1 aliphatic carbocycles. The number of hydrogen-bond donors (Lipinski definition) is 1. The van der Waals surface area contributed by atoms with Gasteiger partial charge in [-0.25, -0.2) is 4.79 Å². The zero-order chi connectivity index (χ0) is 12.5. The first-order valence-corrected chi connectivity index (χ1v) is 6.04. The second-order valence-corrected chi connectivity index (χ2v) is 4.69. The topological polar surface area (TPSA) is 55.8 Å². The number of carbonyl (C=O) groups is 1. The van der Waals surface area contributed by atoms with Gasteiger partial charge in [-0.2, -0.15) is 0 Å². The molecule has 1 saturated carbocycles. The van der Waals surface area contributed by atoms with Crippen LogP contribution in [-0.2, 0) is 4.79 Å². The van der Waals surface area contributed by atoms with Crippen LogP contribution >= 0.6 is 0 Å². The van der Waals surface area contributed by atoms with E-state index in [4.69, 9.17) is 14.6 Å². The molecule has 94 valence electrons. The number of allylic oxidation sites excluding steroid dienone is 1. The van der Waals surface area contributed by atoms with Crippen LogP contribution in [0.25, 0.3) is 0 Å². The van der Waals surface area contributed by atoms with Gasteiger partial charge in [-0.05, 0) is 42.9 Å². The Labute approximate surface area is 105 Å². The highest BCUT2D eigenvalue weighted by Crippen LogP contribution is 2.41. The van der Waals surface area contributed by atoms with Crippen molar-refractivity contribution in [1.29, 1.82) is 0 Å². The molecule has 4 heteroatoms. The highest BCUT2D eigenvalue weighted by Gasteiger charge is 2.23. The maximum absolute atomic E-state index is 10.6. The second kappa shape index (κ2) is 4.37. The normalized spacial score (nSPS) is 23.6. The fraction of sp³-hybridized carbons (Fsp3) is 0.357. The first-order valence-electron chi connectivity index (χ1n) is 6.04. The van der Waals surface area contributed by atoms with E-state index in [1.807, 2.05) is 18.2 Å². The lowest BCUT2D eigenvalue weighted by atomic mass is 9.97. The van der Waals surface area contributed by atoms with Gasteiger partial charge in [-0.3, -0.25) is 0 Å². The van der Waals surface area contributed by atoms with Crippen LogP contribution in [0.5, 0.6) is 11.5 Å². The fourth-order valence-electron chi connectivity index (χ4n) is 2.64. The third kappa shape index (κ3) is 2.06. The third-order valence-corrected chi connectivity index (χ3v) is 3.52. The summed E-state index contributed by atoms with van der Waals surface area (Å²) in [6, 6.07) is 5.98. The summed E-state index contributed by atoms with van der Waals surface area (Å²) in [6.07, 6.45) is 4.03. The van der Waals surface area contributed by atoms with Gasteiger partial charge >= 0.3 is 5.97 Å². The van der Waals surface area contributed by atoms with E-state index in [0.29, 0.717) is 5.92 Å². The Kier molecular flexibility index (Phi) is 2.70. The van der Waals surface area contributed by atoms with Gasteiger partial charge < -0.3 is 14.6 Å². The minimum Gasteiger partial charge on any atom is -0.478 e. The molecule has 1 atom stereocenters. The van der Waals surface area contributed by atoms with Crippen molar-refractivity contribution in [3.63, 3.8) is 0 Å². The van der Waals surface area contributed by atoms with Crippen molar-refractivity contribution in [3.8, 4) is 11.5 Å². The third-order valence-electron chi connectivity index (χ3n) is 3.52. The molecule has 18 heavy (non-hydrogen) atoms. The average molecular weight is 246 g/mol. The summed E-state index contributed by atoms with van der Waals surface area (Å²) in [5, 5.41) is 8.74. The summed E-state index contributed by atoms with van der Waals surface area (Å²) in [6.45, 7) is 0.285. The lowest BCUT2D eigenvalue weighted by Gasteiger charge is -2.09. The standard InChI is InChI=1S/C14H14O4/c15-14(16)6-9-1-2-10(5-9)11-3-4-12-13(7-11)18-8-17-12/h3-4,6-7,10H,1-2,5,8H2,(H,15,16)/b9-6+. The Bertz CT molecular complexity index is 519. The SMILES string of the molecule is O=C(O)/C=C1\CCC(c2ccc3c(c2)OCO3)C1. The molecule has 2 aliphatic rings. The quantitative estimate of drug-likeness (QED) is 0.815. The second-order valence-electron chi connectivity index (χ2n) is 4.69. The summed E-state index contributed by atoms with van der Waals surface area (Å²) >= 11 is 0. The van der Waals surface area contributed by atoms with Crippen LogP contribution in [0.4, 0.5) is 0 Å². The molecule has 1 aromatic rings. The van der Waals surface area contributed by atoms with Crippen molar-refractivity contribution in [2.24, 2.45) is 0 Å². The van der Waals surface area contributed by atoms with Gasteiger partial charge in [0.15, 0.2) is 11.5 Å². The fourth-order valence-corrected chi connectivity index (χ4v) is 2.64. The van der Waals surface area contributed by atoms with Crippen molar-refractivity contribution in [2.75, 3.05) is 6.79 Å². The molecule has 0 spiro atoms. The number of hydrogen-bond acceptors (Lipinski definition) is 3. The number of carboxylic acids is 1. The summed E-state index contributed by atoms with van der Waals surface area (Å²) in [7, 11) is 0. The molecule has 0 bridgehead atoms. The molecular weight excluding hydrogens is 232 g/mol. The summed E-state index contributed by atoms with van der Waals surface area (Å²) in [5.41, 5.74) is 2.22. The Morgan fingerprint density at radius 1 is 1.33 bits per heavy atom. The van der Waals surface area contributed by atoms with Crippen molar-refractivity contribution < 1.29 is 19.4 Å². The summed E-state index contributed by atoms with van der Waals surface area (Å²) in [4.78, 5) is 10.6. The van der Waals surface area contributed by atoms with E-state index >= 15 is 0 Å². The molecule has 0 saturated heterocycles. The molecule has 1 fully saturated rings. The van der Waals surface area contributed by atoms with Crippen LogP contribution in [0.1, 0.15) is 30.7 Å². The summed E-state index contributed by atoms with van der Waals surface area (Å²) in [5.74, 6) is 1.13. The number of ether oxygens (including phenoxy) is 2. The molecular formula is C14H14O4. The predicted molar refractivity (Wildman–Crippen MR) is 64.9 cm³/mol. The predicted octanol–water partition coefficient (Wildman–Crippen LogP) is 2.69. The highest BCUT2D eigenvalue weighted by atomic mass is 16.7. The maximum Gasteiger partial charge on any atom is 0.328 e. The molecule has 0 aromatic heterocycles. The van der Waals surface area contributed by atoms with E-state index in [1.54, 1.807) is 0 Å². The summed E-state index contributed by atoms with van der Waals surface area (Å²) < 4.78 is 10.6. The van der Waals surface area contributed by atoms with Crippen LogP contribution in [0, 0.1) is 0 Å². The van der Waals surface area contributed by atoms with Crippen LogP contribution in [0.2, 0.25) is 0 Å². The zero-order valence-electron chi connectivity index (χ0n) is 9.89. The van der Waals surface area contributed by atoms with E-state index in [-0.39, 0.29) is 6.79 Å². The molecule has 4 nitrogen and oxygen atoms in total. The Morgan fingerprint density at radius 3 is 3.00 bits per heavy atom. The van der Waals surface area contributed by atoms with Gasteiger partial charge in [-0.15, -0.1) is 0 Å². The minimum atomic E-state index is -0.851. The Balaban J connectivity index is 1.79. The number of rotatable bonds is 2. The molecule has 1 unspecified atom stereocenters. The molecule has 1 heterocycles. The van der Waals surface area contributed by atoms with Crippen LogP contribution in [0.15, 0.2) is 29.8 Å². The molecule has 3 rings (SSSR count). The van der Waals surface area contributed by atoms with Crippen LogP contribution in [-0.4, -0.2) is 17.9 Å². The largest absolute Gasteiger partial charge is 0.478 e. The number of carboxylic acid groups (broad SMARTS) is 1. The van der Waals surface area contributed by atoms with E-state index in [9.17, 15) is 4.79 Å². The first-order chi connectivity index (χ1) is 8.72. The van der Waals surface area contributed by atoms with E-state index in [1.165, 1.54) is 11.6 Å². The smallest absolute Gasteiger partial charge is 0.328 e. The van der Waals surface area contributed by atoms with Crippen molar-refractivity contribution in [3.05, 3.63) is 35.4 Å². The van der Waals surface area contributed by atoms with Gasteiger partial charge in [0.2, 0.25) is 6.79 Å². The lowest BCUT2D eigenvalue weighted by Crippen LogP contribution is -1.94. The molecule has 1 aliphatic heterocycles. The maximum atomic E-state index is 10.6. The number of aliphatic carboxylic acids is 1. The van der Waals surface area contributed by atoms with E-state index in [2.05, 4.69) is 0 Å². The highest BCUT2D eigenvalue weighted by molar-refractivity contribution is 5.80. The van der Waals surface area contributed by atoms with Crippen LogP contribution in [0.3, 0.4) is 0 Å². The van der Waals surface area contributed by atoms with Gasteiger partial charge in [0.25, 0.3) is 0 Å². The number of benzene rings is 1. The van der Waals surface area contributed by atoms with Crippen LogP contribution < -0.4 is 9.47 Å². The minimum absolute atomic E-state index is 0.285. The van der Waals surface area contributed by atoms with E-state index in [0.717, 1.165) is 36.3 Å².